The van der Waals surface area contributed by atoms with Crippen LogP contribution in [0.25, 0.3) is 0 Å². The average molecular weight is 294 g/mol. The largest absolute Gasteiger partial charge is 0.399 e. The van der Waals surface area contributed by atoms with E-state index >= 15 is 0 Å². The number of imidazole rings is 1. The molecule has 7 heteroatoms. The molecule has 0 aliphatic rings. The molecule has 1 unspecified atom stereocenters. The fraction of sp³-hybridized carbons (Fsp3) is 0.308. The fourth-order valence-electron chi connectivity index (χ4n) is 1.84. The Bertz CT molecular complexity index is 694. The van der Waals surface area contributed by atoms with Crippen molar-refractivity contribution in [1.82, 2.24) is 14.3 Å². The Balaban J connectivity index is 2.19. The van der Waals surface area contributed by atoms with Gasteiger partial charge in [-0.15, -0.1) is 0 Å². The van der Waals surface area contributed by atoms with Gasteiger partial charge in [0.15, 0.2) is 5.03 Å². The van der Waals surface area contributed by atoms with E-state index in [0.717, 1.165) is 5.56 Å². The van der Waals surface area contributed by atoms with Crippen molar-refractivity contribution >= 4 is 15.7 Å². The molecule has 108 valence electrons. The molecule has 1 aromatic carbocycles. The molecule has 2 aromatic rings. The number of nitrogen functional groups attached to an aromatic ring is 1. The van der Waals surface area contributed by atoms with Gasteiger partial charge < -0.3 is 10.3 Å². The van der Waals surface area contributed by atoms with Crippen LogP contribution in [0.5, 0.6) is 0 Å². The molecular weight excluding hydrogens is 276 g/mol. The topological polar surface area (TPSA) is 90.0 Å². The van der Waals surface area contributed by atoms with Crippen molar-refractivity contribution in [2.24, 2.45) is 0 Å². The highest BCUT2D eigenvalue weighted by atomic mass is 32.2. The summed E-state index contributed by atoms with van der Waals surface area (Å²) in [6, 6.07) is 6.75. The number of benzene rings is 1. The van der Waals surface area contributed by atoms with Crippen molar-refractivity contribution in [2.75, 3.05) is 5.73 Å². The molecular formula is C13H18N4O2S. The standard InChI is InChI=1S/C13H18N4O2S/c1-3-17-8-13(15-9-17)20(18,19)16-10(2)11-5-4-6-12(14)7-11/h4-10,16H,3,14H2,1-2H3. The second kappa shape index (κ2) is 5.64. The minimum atomic E-state index is -3.63. The van der Waals surface area contributed by atoms with Gasteiger partial charge in [0.05, 0.1) is 6.33 Å². The molecule has 1 heterocycles. The van der Waals surface area contributed by atoms with Gasteiger partial charge in [0.2, 0.25) is 0 Å². The Kier molecular flexibility index (Phi) is 4.10. The first kappa shape index (κ1) is 14.5. The maximum atomic E-state index is 12.2. The Morgan fingerprint density at radius 1 is 1.45 bits per heavy atom. The number of nitrogens with two attached hydrogens (primary N) is 1. The molecule has 3 N–H and O–H groups in total. The molecule has 0 bridgehead atoms. The predicted octanol–water partition coefficient (Wildman–Crippen LogP) is 1.52. The second-order valence-electron chi connectivity index (χ2n) is 4.56. The summed E-state index contributed by atoms with van der Waals surface area (Å²) in [4.78, 5) is 3.91. The number of anilines is 1. The zero-order valence-electron chi connectivity index (χ0n) is 11.4. The van der Waals surface area contributed by atoms with Crippen molar-refractivity contribution in [3.63, 3.8) is 0 Å². The van der Waals surface area contributed by atoms with Crippen LogP contribution in [-0.4, -0.2) is 18.0 Å². The first-order chi connectivity index (χ1) is 9.42. The van der Waals surface area contributed by atoms with Gasteiger partial charge in [-0.25, -0.2) is 18.1 Å². The number of aromatic nitrogens is 2. The summed E-state index contributed by atoms with van der Waals surface area (Å²) >= 11 is 0. The normalized spacial score (nSPS) is 13.3. The monoisotopic (exact) mass is 294 g/mol. The predicted molar refractivity (Wildman–Crippen MR) is 77.5 cm³/mol. The van der Waals surface area contributed by atoms with E-state index in [1.54, 1.807) is 29.7 Å². The van der Waals surface area contributed by atoms with Gasteiger partial charge in [-0.2, -0.15) is 0 Å². The van der Waals surface area contributed by atoms with Gasteiger partial charge in [-0.1, -0.05) is 12.1 Å². The minimum absolute atomic E-state index is 0.0232. The van der Waals surface area contributed by atoms with Crippen LogP contribution in [-0.2, 0) is 16.6 Å². The number of nitrogens with one attached hydrogen (secondary N) is 1. The highest BCUT2D eigenvalue weighted by molar-refractivity contribution is 7.89. The van der Waals surface area contributed by atoms with Crippen molar-refractivity contribution in [3.8, 4) is 0 Å². The van der Waals surface area contributed by atoms with E-state index in [4.69, 9.17) is 5.73 Å². The van der Waals surface area contributed by atoms with E-state index in [2.05, 4.69) is 9.71 Å². The van der Waals surface area contributed by atoms with Gasteiger partial charge in [-0.3, -0.25) is 0 Å². The van der Waals surface area contributed by atoms with Crippen molar-refractivity contribution in [2.45, 2.75) is 31.5 Å². The SMILES string of the molecule is CCn1cnc(S(=O)(=O)NC(C)c2cccc(N)c2)c1. The first-order valence-corrected chi connectivity index (χ1v) is 7.80. The maximum Gasteiger partial charge on any atom is 0.260 e. The van der Waals surface area contributed by atoms with Gasteiger partial charge in [0, 0.05) is 24.5 Å². The van der Waals surface area contributed by atoms with Crippen LogP contribution in [0.3, 0.4) is 0 Å². The maximum absolute atomic E-state index is 12.2. The van der Waals surface area contributed by atoms with Crippen molar-refractivity contribution < 1.29 is 8.42 Å². The van der Waals surface area contributed by atoms with E-state index in [1.807, 2.05) is 13.0 Å². The van der Waals surface area contributed by atoms with E-state index < -0.39 is 10.0 Å². The Morgan fingerprint density at radius 3 is 2.80 bits per heavy atom. The first-order valence-electron chi connectivity index (χ1n) is 6.32. The van der Waals surface area contributed by atoms with Crippen molar-refractivity contribution in [1.29, 1.82) is 0 Å². The molecule has 0 spiro atoms. The van der Waals surface area contributed by atoms with Crippen LogP contribution in [0.1, 0.15) is 25.5 Å². The highest BCUT2D eigenvalue weighted by Gasteiger charge is 2.20. The summed E-state index contributed by atoms with van der Waals surface area (Å²) in [6.07, 6.45) is 3.01. The number of nitrogens with zero attached hydrogens (tertiary/aromatic N) is 2. The van der Waals surface area contributed by atoms with E-state index in [9.17, 15) is 8.42 Å². The molecule has 0 fully saturated rings. The Labute approximate surface area is 118 Å². The summed E-state index contributed by atoms with van der Waals surface area (Å²) < 4.78 is 28.7. The molecule has 1 aromatic heterocycles. The van der Waals surface area contributed by atoms with E-state index in [-0.39, 0.29) is 11.1 Å². The van der Waals surface area contributed by atoms with Gasteiger partial charge in [-0.05, 0) is 31.5 Å². The lowest BCUT2D eigenvalue weighted by atomic mass is 10.1. The van der Waals surface area contributed by atoms with Crippen LogP contribution in [0.15, 0.2) is 41.8 Å². The average Bonchev–Trinajstić information content (AvgIpc) is 2.87. The van der Waals surface area contributed by atoms with Crippen LogP contribution in [0.4, 0.5) is 5.69 Å². The Hall–Kier alpha value is -1.86. The molecule has 0 radical (unpaired) electrons. The van der Waals surface area contributed by atoms with Crippen LogP contribution in [0, 0.1) is 0 Å². The molecule has 2 rings (SSSR count). The van der Waals surface area contributed by atoms with Crippen LogP contribution < -0.4 is 10.5 Å². The second-order valence-corrected chi connectivity index (χ2v) is 6.22. The lowest BCUT2D eigenvalue weighted by Crippen LogP contribution is -2.27. The van der Waals surface area contributed by atoms with Crippen LogP contribution in [0.2, 0.25) is 0 Å². The summed E-state index contributed by atoms with van der Waals surface area (Å²) in [5, 5.41) is 0.0232. The zero-order chi connectivity index (χ0) is 14.8. The molecule has 0 amide bonds. The summed E-state index contributed by atoms with van der Waals surface area (Å²) in [7, 11) is -3.63. The third kappa shape index (κ3) is 3.17. The van der Waals surface area contributed by atoms with E-state index in [1.165, 1.54) is 12.5 Å². The molecule has 6 nitrogen and oxygen atoms in total. The molecule has 0 saturated carbocycles. The Morgan fingerprint density at radius 2 is 2.20 bits per heavy atom. The van der Waals surface area contributed by atoms with Crippen LogP contribution >= 0.6 is 0 Å². The molecule has 0 aliphatic carbocycles. The lowest BCUT2D eigenvalue weighted by Gasteiger charge is -2.13. The number of sulfonamides is 1. The minimum Gasteiger partial charge on any atom is -0.399 e. The summed E-state index contributed by atoms with van der Waals surface area (Å²) in [6.45, 7) is 4.36. The zero-order valence-corrected chi connectivity index (χ0v) is 12.3. The summed E-state index contributed by atoms with van der Waals surface area (Å²) in [5.41, 5.74) is 7.11. The van der Waals surface area contributed by atoms with Gasteiger partial charge in [0.25, 0.3) is 10.0 Å². The third-order valence-corrected chi connectivity index (χ3v) is 4.42. The number of hydrogen-bond acceptors (Lipinski definition) is 4. The third-order valence-electron chi connectivity index (χ3n) is 2.99. The van der Waals surface area contributed by atoms with Gasteiger partial charge >= 0.3 is 0 Å². The highest BCUT2D eigenvalue weighted by Crippen LogP contribution is 2.18. The lowest BCUT2D eigenvalue weighted by molar-refractivity contribution is 0.563. The van der Waals surface area contributed by atoms with Crippen molar-refractivity contribution in [3.05, 3.63) is 42.4 Å². The van der Waals surface area contributed by atoms with Gasteiger partial charge in [0.1, 0.15) is 0 Å². The number of hydrogen-bond donors (Lipinski definition) is 2. The fourth-order valence-corrected chi connectivity index (χ4v) is 3.02. The molecule has 1 atom stereocenters. The number of aryl methyl sites for hydroxylation is 1. The quantitative estimate of drug-likeness (QED) is 0.818. The number of rotatable bonds is 5. The van der Waals surface area contributed by atoms with E-state index in [0.29, 0.717) is 12.2 Å². The summed E-state index contributed by atoms with van der Waals surface area (Å²) in [5.74, 6) is 0. The smallest absolute Gasteiger partial charge is 0.260 e. The molecule has 0 saturated heterocycles. The molecule has 20 heavy (non-hydrogen) atoms. The molecule has 0 aliphatic heterocycles.